The highest BCUT2D eigenvalue weighted by molar-refractivity contribution is 5.83. The van der Waals surface area contributed by atoms with E-state index in [0.29, 0.717) is 5.95 Å². The van der Waals surface area contributed by atoms with E-state index >= 15 is 0 Å². The Morgan fingerprint density at radius 3 is 2.31 bits per heavy atom. The first-order chi connectivity index (χ1) is 12.4. The first kappa shape index (κ1) is 17.8. The van der Waals surface area contributed by atoms with Gasteiger partial charge < -0.3 is 0 Å². The average molecular weight is 348 g/mol. The summed E-state index contributed by atoms with van der Waals surface area (Å²) in [7, 11) is 0. The van der Waals surface area contributed by atoms with Crippen molar-refractivity contribution in [2.24, 2.45) is 5.10 Å². The van der Waals surface area contributed by atoms with Crippen molar-refractivity contribution >= 4 is 12.2 Å². The summed E-state index contributed by atoms with van der Waals surface area (Å²) >= 11 is 0. The van der Waals surface area contributed by atoms with Gasteiger partial charge in [0.05, 0.1) is 18.5 Å². The smallest absolute Gasteiger partial charge is 0.243 e. The SMILES string of the molecule is Cc1ccc(Cn2nc(C)c(/C=N/Nc3nc(C)cc(C)n3)c2C)cc1. The molecule has 1 N–H and O–H groups in total. The average Bonchev–Trinajstić information content (AvgIpc) is 2.83. The first-order valence-corrected chi connectivity index (χ1v) is 8.63. The van der Waals surface area contributed by atoms with Crippen molar-refractivity contribution in [1.29, 1.82) is 0 Å². The van der Waals surface area contributed by atoms with Gasteiger partial charge in [-0.15, -0.1) is 0 Å². The van der Waals surface area contributed by atoms with E-state index in [2.05, 4.69) is 63.7 Å². The Hall–Kier alpha value is -3.02. The van der Waals surface area contributed by atoms with Crippen LogP contribution in [0.2, 0.25) is 0 Å². The minimum atomic E-state index is 0.501. The molecule has 134 valence electrons. The van der Waals surface area contributed by atoms with Gasteiger partial charge in [-0.2, -0.15) is 10.2 Å². The van der Waals surface area contributed by atoms with Gasteiger partial charge in [-0.1, -0.05) is 29.8 Å². The zero-order valence-corrected chi connectivity index (χ0v) is 15.9. The van der Waals surface area contributed by atoms with Crippen molar-refractivity contribution in [3.8, 4) is 0 Å². The Morgan fingerprint density at radius 1 is 1.00 bits per heavy atom. The second-order valence-electron chi connectivity index (χ2n) is 6.57. The summed E-state index contributed by atoms with van der Waals surface area (Å²) < 4.78 is 2.01. The number of nitrogens with one attached hydrogen (secondary N) is 1. The van der Waals surface area contributed by atoms with Crippen LogP contribution in [0.4, 0.5) is 5.95 Å². The Balaban J connectivity index is 1.76. The molecule has 6 nitrogen and oxygen atoms in total. The molecule has 0 amide bonds. The van der Waals surface area contributed by atoms with Crippen molar-refractivity contribution in [1.82, 2.24) is 19.7 Å². The Bertz CT molecular complexity index is 917. The molecule has 0 aliphatic rings. The molecule has 0 aliphatic carbocycles. The molecule has 3 aromatic rings. The lowest BCUT2D eigenvalue weighted by Gasteiger charge is -2.05. The molecule has 0 aliphatic heterocycles. The van der Waals surface area contributed by atoms with E-state index in [1.165, 1.54) is 11.1 Å². The molecule has 0 radical (unpaired) electrons. The largest absolute Gasteiger partial charge is 0.265 e. The van der Waals surface area contributed by atoms with E-state index in [1.54, 1.807) is 6.21 Å². The molecule has 6 heteroatoms. The molecule has 0 bridgehead atoms. The highest BCUT2D eigenvalue weighted by atomic mass is 15.3. The van der Waals surface area contributed by atoms with Gasteiger partial charge in [-0.05, 0) is 46.2 Å². The Labute approximate surface area is 154 Å². The number of hydrogen-bond donors (Lipinski definition) is 1. The summed E-state index contributed by atoms with van der Waals surface area (Å²) in [5, 5.41) is 8.94. The van der Waals surface area contributed by atoms with E-state index in [1.807, 2.05) is 31.5 Å². The fourth-order valence-electron chi connectivity index (χ4n) is 2.85. The van der Waals surface area contributed by atoms with E-state index in [-0.39, 0.29) is 0 Å². The van der Waals surface area contributed by atoms with Crippen LogP contribution in [0.15, 0.2) is 35.4 Å². The number of anilines is 1. The molecule has 3 rings (SSSR count). The lowest BCUT2D eigenvalue weighted by Crippen LogP contribution is -2.04. The number of nitrogens with zero attached hydrogens (tertiary/aromatic N) is 5. The highest BCUT2D eigenvalue weighted by Gasteiger charge is 2.10. The van der Waals surface area contributed by atoms with Gasteiger partial charge in [0.15, 0.2) is 0 Å². The quantitative estimate of drug-likeness (QED) is 0.564. The zero-order valence-electron chi connectivity index (χ0n) is 15.9. The van der Waals surface area contributed by atoms with Gasteiger partial charge in [0.1, 0.15) is 0 Å². The van der Waals surface area contributed by atoms with Gasteiger partial charge in [-0.25, -0.2) is 15.4 Å². The van der Waals surface area contributed by atoms with Crippen LogP contribution < -0.4 is 5.43 Å². The van der Waals surface area contributed by atoms with Gasteiger partial charge in [-0.3, -0.25) is 4.68 Å². The summed E-state index contributed by atoms with van der Waals surface area (Å²) in [6.07, 6.45) is 1.78. The molecule has 1 aromatic carbocycles. The molecule has 26 heavy (non-hydrogen) atoms. The second kappa shape index (κ2) is 7.47. The third-order valence-corrected chi connectivity index (χ3v) is 4.23. The lowest BCUT2D eigenvalue weighted by atomic mass is 10.1. The monoisotopic (exact) mass is 348 g/mol. The molecule has 0 atom stereocenters. The van der Waals surface area contributed by atoms with Gasteiger partial charge in [0.25, 0.3) is 0 Å². The van der Waals surface area contributed by atoms with Gasteiger partial charge in [0, 0.05) is 22.6 Å². The maximum absolute atomic E-state index is 4.65. The minimum absolute atomic E-state index is 0.501. The second-order valence-corrected chi connectivity index (χ2v) is 6.57. The molecule has 0 saturated carbocycles. The van der Waals surface area contributed by atoms with Crippen LogP contribution >= 0.6 is 0 Å². The van der Waals surface area contributed by atoms with Crippen LogP contribution in [0, 0.1) is 34.6 Å². The number of rotatable bonds is 5. The summed E-state index contributed by atoms with van der Waals surface area (Å²) in [4.78, 5) is 8.64. The molecule has 0 saturated heterocycles. The summed E-state index contributed by atoms with van der Waals surface area (Å²) in [5.74, 6) is 0.501. The van der Waals surface area contributed by atoms with E-state index in [0.717, 1.165) is 34.9 Å². The number of hydrazone groups is 1. The molecule has 0 fully saturated rings. The molecule has 0 spiro atoms. The molecule has 2 aromatic heterocycles. The van der Waals surface area contributed by atoms with Crippen LogP contribution in [0.1, 0.15) is 39.5 Å². The van der Waals surface area contributed by atoms with Crippen molar-refractivity contribution in [3.05, 3.63) is 69.8 Å². The van der Waals surface area contributed by atoms with Crippen LogP contribution in [0.25, 0.3) is 0 Å². The van der Waals surface area contributed by atoms with Crippen LogP contribution in [-0.4, -0.2) is 26.0 Å². The molecule has 0 unspecified atom stereocenters. The Kier molecular flexibility index (Phi) is 5.11. The maximum atomic E-state index is 4.65. The zero-order chi connectivity index (χ0) is 18.7. The highest BCUT2D eigenvalue weighted by Crippen LogP contribution is 2.14. The lowest BCUT2D eigenvalue weighted by molar-refractivity contribution is 0.659. The van der Waals surface area contributed by atoms with Crippen LogP contribution in [-0.2, 0) is 6.54 Å². The number of aryl methyl sites for hydroxylation is 4. The maximum Gasteiger partial charge on any atom is 0.243 e. The normalized spacial score (nSPS) is 11.3. The molecular formula is C20H24N6. The predicted octanol–water partition coefficient (Wildman–Crippen LogP) is 3.71. The molecule has 2 heterocycles. The third-order valence-electron chi connectivity index (χ3n) is 4.23. The van der Waals surface area contributed by atoms with Gasteiger partial charge in [0.2, 0.25) is 5.95 Å². The summed E-state index contributed by atoms with van der Waals surface area (Å²) in [6, 6.07) is 10.4. The van der Waals surface area contributed by atoms with Crippen molar-refractivity contribution in [2.45, 2.75) is 41.2 Å². The van der Waals surface area contributed by atoms with Crippen LogP contribution in [0.3, 0.4) is 0 Å². The van der Waals surface area contributed by atoms with Gasteiger partial charge >= 0.3 is 0 Å². The van der Waals surface area contributed by atoms with E-state index < -0.39 is 0 Å². The standard InChI is InChI=1S/C20H24N6/c1-13-6-8-18(9-7-13)12-26-17(5)19(16(4)25-26)11-21-24-20-22-14(2)10-15(3)23-20/h6-11H,12H2,1-5H3,(H,22,23,24)/b21-11+. The van der Waals surface area contributed by atoms with E-state index in [4.69, 9.17) is 0 Å². The number of benzene rings is 1. The van der Waals surface area contributed by atoms with Crippen LogP contribution in [0.5, 0.6) is 0 Å². The fraction of sp³-hybridized carbons (Fsp3) is 0.300. The van der Waals surface area contributed by atoms with Crippen molar-refractivity contribution < 1.29 is 0 Å². The minimum Gasteiger partial charge on any atom is -0.265 e. The fourth-order valence-corrected chi connectivity index (χ4v) is 2.85. The topological polar surface area (TPSA) is 68.0 Å². The van der Waals surface area contributed by atoms with Crippen molar-refractivity contribution in [3.63, 3.8) is 0 Å². The summed E-state index contributed by atoms with van der Waals surface area (Å²) in [5.41, 5.74) is 10.2. The Morgan fingerprint density at radius 2 is 1.65 bits per heavy atom. The number of aromatic nitrogens is 4. The summed E-state index contributed by atoms with van der Waals surface area (Å²) in [6.45, 7) is 10.8. The predicted molar refractivity (Wildman–Crippen MR) is 105 cm³/mol. The third kappa shape index (κ3) is 4.14. The first-order valence-electron chi connectivity index (χ1n) is 8.63. The molecular weight excluding hydrogens is 324 g/mol. The van der Waals surface area contributed by atoms with E-state index in [9.17, 15) is 0 Å². The van der Waals surface area contributed by atoms with Crippen molar-refractivity contribution in [2.75, 3.05) is 5.43 Å². The number of hydrogen-bond acceptors (Lipinski definition) is 5.